The number of rotatable bonds is 5. The van der Waals surface area contributed by atoms with Crippen LogP contribution in [0.1, 0.15) is 13.8 Å². The molecule has 0 aliphatic rings. The van der Waals surface area contributed by atoms with Gasteiger partial charge in [0, 0.05) is 20.8 Å². The molecule has 0 heterocycles. The first-order valence-electron chi connectivity index (χ1n) is 5.39. The predicted molar refractivity (Wildman–Crippen MR) is 75.1 cm³/mol. The highest BCUT2D eigenvalue weighted by molar-refractivity contribution is 9.10. The zero-order valence-corrected chi connectivity index (χ0v) is 12.3. The molecule has 0 saturated carbocycles. The summed E-state index contributed by atoms with van der Waals surface area (Å²) in [6, 6.07) is 5.65. The Morgan fingerprint density at radius 3 is 2.88 bits per heavy atom. The SMILES string of the molecule is CCOC(=O)C(C)CSc1ccc(N)cc1Br. The fourth-order valence-corrected chi connectivity index (χ4v) is 2.87. The average Bonchev–Trinajstić information content (AvgIpc) is 2.27. The number of hydrogen-bond acceptors (Lipinski definition) is 4. The molecule has 0 amide bonds. The summed E-state index contributed by atoms with van der Waals surface area (Å²) in [6.07, 6.45) is 0. The predicted octanol–water partition coefficient (Wildman–Crippen LogP) is 3.32. The fourth-order valence-electron chi connectivity index (χ4n) is 1.20. The summed E-state index contributed by atoms with van der Waals surface area (Å²) in [7, 11) is 0. The number of hydrogen-bond donors (Lipinski definition) is 1. The van der Waals surface area contributed by atoms with Crippen LogP contribution < -0.4 is 5.73 Å². The molecule has 3 nitrogen and oxygen atoms in total. The highest BCUT2D eigenvalue weighted by Crippen LogP contribution is 2.30. The third kappa shape index (κ3) is 4.60. The first-order chi connectivity index (χ1) is 8.04. The summed E-state index contributed by atoms with van der Waals surface area (Å²) in [6.45, 7) is 4.12. The van der Waals surface area contributed by atoms with Gasteiger partial charge in [-0.05, 0) is 41.1 Å². The van der Waals surface area contributed by atoms with Crippen molar-refractivity contribution in [2.45, 2.75) is 18.7 Å². The molecule has 1 rings (SSSR count). The average molecular weight is 318 g/mol. The monoisotopic (exact) mass is 317 g/mol. The van der Waals surface area contributed by atoms with Crippen molar-refractivity contribution in [3.63, 3.8) is 0 Å². The second kappa shape index (κ2) is 6.91. The lowest BCUT2D eigenvalue weighted by atomic mass is 10.2. The summed E-state index contributed by atoms with van der Waals surface area (Å²) in [5.74, 6) is 0.442. The molecule has 0 aromatic heterocycles. The maximum atomic E-state index is 11.4. The van der Waals surface area contributed by atoms with Crippen molar-refractivity contribution >= 4 is 39.3 Å². The van der Waals surface area contributed by atoms with E-state index in [1.807, 2.05) is 32.0 Å². The van der Waals surface area contributed by atoms with Crippen LogP contribution >= 0.6 is 27.7 Å². The molecule has 2 N–H and O–H groups in total. The van der Waals surface area contributed by atoms with Crippen molar-refractivity contribution in [2.75, 3.05) is 18.1 Å². The van der Waals surface area contributed by atoms with E-state index in [1.165, 1.54) is 0 Å². The molecule has 0 bridgehead atoms. The van der Waals surface area contributed by atoms with Crippen LogP contribution in [0.15, 0.2) is 27.6 Å². The molecule has 0 radical (unpaired) electrons. The van der Waals surface area contributed by atoms with Crippen LogP contribution in [0.25, 0.3) is 0 Å². The number of ether oxygens (including phenoxy) is 1. The maximum absolute atomic E-state index is 11.4. The van der Waals surface area contributed by atoms with Crippen molar-refractivity contribution in [2.24, 2.45) is 5.92 Å². The molecule has 5 heteroatoms. The van der Waals surface area contributed by atoms with Crippen LogP contribution in [0.4, 0.5) is 5.69 Å². The molecular formula is C12H16BrNO2S. The number of nitrogen functional groups attached to an aromatic ring is 1. The number of thioether (sulfide) groups is 1. The standard InChI is InChI=1S/C12H16BrNO2S/c1-3-16-12(15)8(2)7-17-11-5-4-9(14)6-10(11)13/h4-6,8H,3,7,14H2,1-2H3. The van der Waals surface area contributed by atoms with E-state index in [9.17, 15) is 4.79 Å². The number of halogens is 1. The molecule has 1 atom stereocenters. The van der Waals surface area contributed by atoms with Crippen molar-refractivity contribution < 1.29 is 9.53 Å². The van der Waals surface area contributed by atoms with E-state index >= 15 is 0 Å². The topological polar surface area (TPSA) is 52.3 Å². The van der Waals surface area contributed by atoms with Crippen LogP contribution in [0.3, 0.4) is 0 Å². The number of nitrogens with two attached hydrogens (primary N) is 1. The molecule has 17 heavy (non-hydrogen) atoms. The van der Waals surface area contributed by atoms with Crippen molar-refractivity contribution in [3.05, 3.63) is 22.7 Å². The van der Waals surface area contributed by atoms with E-state index in [2.05, 4.69) is 15.9 Å². The highest BCUT2D eigenvalue weighted by atomic mass is 79.9. The molecule has 0 fully saturated rings. The molecular weight excluding hydrogens is 302 g/mol. The Morgan fingerprint density at radius 2 is 2.29 bits per heavy atom. The molecule has 0 spiro atoms. The van der Waals surface area contributed by atoms with Gasteiger partial charge in [-0.3, -0.25) is 4.79 Å². The molecule has 1 aromatic carbocycles. The number of carbonyl (C=O) groups is 1. The number of benzene rings is 1. The Morgan fingerprint density at radius 1 is 1.59 bits per heavy atom. The Bertz CT molecular complexity index is 398. The lowest BCUT2D eigenvalue weighted by Crippen LogP contribution is -2.16. The lowest BCUT2D eigenvalue weighted by Gasteiger charge is -2.11. The summed E-state index contributed by atoms with van der Waals surface area (Å²) in [4.78, 5) is 12.5. The van der Waals surface area contributed by atoms with Gasteiger partial charge < -0.3 is 10.5 Å². The van der Waals surface area contributed by atoms with Crippen LogP contribution in [0, 0.1) is 5.92 Å². The smallest absolute Gasteiger partial charge is 0.309 e. The van der Waals surface area contributed by atoms with Crippen LogP contribution in [0.2, 0.25) is 0 Å². The van der Waals surface area contributed by atoms with Crippen LogP contribution in [0.5, 0.6) is 0 Å². The zero-order valence-electron chi connectivity index (χ0n) is 9.90. The Hall–Kier alpha value is -0.680. The zero-order chi connectivity index (χ0) is 12.8. The van der Waals surface area contributed by atoms with Crippen LogP contribution in [-0.4, -0.2) is 18.3 Å². The van der Waals surface area contributed by atoms with Gasteiger partial charge in [0.1, 0.15) is 0 Å². The largest absolute Gasteiger partial charge is 0.466 e. The van der Waals surface area contributed by atoms with Crippen LogP contribution in [-0.2, 0) is 9.53 Å². The third-order valence-electron chi connectivity index (χ3n) is 2.13. The Kier molecular flexibility index (Phi) is 5.85. The second-order valence-corrected chi connectivity index (χ2v) is 5.57. The molecule has 1 aromatic rings. The quantitative estimate of drug-likeness (QED) is 0.514. The summed E-state index contributed by atoms with van der Waals surface area (Å²) in [5.41, 5.74) is 6.38. The van der Waals surface area contributed by atoms with E-state index in [-0.39, 0.29) is 11.9 Å². The van der Waals surface area contributed by atoms with Crippen molar-refractivity contribution in [3.8, 4) is 0 Å². The van der Waals surface area contributed by atoms with Gasteiger partial charge in [0.25, 0.3) is 0 Å². The normalized spacial score (nSPS) is 12.2. The minimum atomic E-state index is -0.147. The van der Waals surface area contributed by atoms with Crippen molar-refractivity contribution in [1.82, 2.24) is 0 Å². The second-order valence-electron chi connectivity index (χ2n) is 3.65. The number of anilines is 1. The number of esters is 1. The van der Waals surface area contributed by atoms with E-state index < -0.39 is 0 Å². The Balaban J connectivity index is 2.52. The van der Waals surface area contributed by atoms with Gasteiger partial charge in [-0.1, -0.05) is 6.92 Å². The third-order valence-corrected chi connectivity index (χ3v) is 4.39. The minimum Gasteiger partial charge on any atom is -0.466 e. The summed E-state index contributed by atoms with van der Waals surface area (Å²) >= 11 is 5.06. The number of carbonyl (C=O) groups excluding carboxylic acids is 1. The molecule has 0 aliphatic carbocycles. The first-order valence-corrected chi connectivity index (χ1v) is 7.17. The Labute approximate surface area is 114 Å². The molecule has 1 unspecified atom stereocenters. The summed E-state index contributed by atoms with van der Waals surface area (Å²) < 4.78 is 5.91. The van der Waals surface area contributed by atoms with E-state index in [1.54, 1.807) is 11.8 Å². The highest BCUT2D eigenvalue weighted by Gasteiger charge is 2.14. The van der Waals surface area contributed by atoms with Gasteiger partial charge in [-0.15, -0.1) is 11.8 Å². The minimum absolute atomic E-state index is 0.107. The first kappa shape index (κ1) is 14.4. The van der Waals surface area contributed by atoms with E-state index in [0.717, 1.165) is 15.1 Å². The van der Waals surface area contributed by atoms with Gasteiger partial charge >= 0.3 is 5.97 Å². The molecule has 0 aliphatic heterocycles. The lowest BCUT2D eigenvalue weighted by molar-refractivity contribution is -0.146. The van der Waals surface area contributed by atoms with Gasteiger partial charge in [-0.2, -0.15) is 0 Å². The van der Waals surface area contributed by atoms with Gasteiger partial charge in [0.15, 0.2) is 0 Å². The van der Waals surface area contributed by atoms with E-state index in [4.69, 9.17) is 10.5 Å². The molecule has 0 saturated heterocycles. The van der Waals surface area contributed by atoms with Gasteiger partial charge in [0.05, 0.1) is 12.5 Å². The summed E-state index contributed by atoms with van der Waals surface area (Å²) in [5, 5.41) is 0. The fraction of sp³-hybridized carbons (Fsp3) is 0.417. The van der Waals surface area contributed by atoms with Gasteiger partial charge in [-0.25, -0.2) is 0 Å². The maximum Gasteiger partial charge on any atom is 0.309 e. The van der Waals surface area contributed by atoms with Gasteiger partial charge in [0.2, 0.25) is 0 Å². The van der Waals surface area contributed by atoms with Crippen molar-refractivity contribution in [1.29, 1.82) is 0 Å². The molecule has 94 valence electrons. The van der Waals surface area contributed by atoms with E-state index in [0.29, 0.717) is 12.4 Å².